The minimum atomic E-state index is -0.450. The zero-order chi connectivity index (χ0) is 17.9. The standard InChI is InChI=1S/C21H23NO3/c1-2-3-4-5-6-15-24-19-11-13-20(14-12-19)25-21(23)18-9-7-17(16-22)8-10-18/h7-14H,2-6,15H2,1H3. The Kier molecular flexibility index (Phi) is 7.52. The molecule has 0 unspecified atom stereocenters. The molecule has 130 valence electrons. The highest BCUT2D eigenvalue weighted by Gasteiger charge is 2.08. The van der Waals surface area contributed by atoms with Crippen molar-refractivity contribution in [2.75, 3.05) is 6.61 Å². The first-order chi connectivity index (χ1) is 12.2. The fraction of sp³-hybridized carbons (Fsp3) is 0.333. The van der Waals surface area contributed by atoms with Crippen molar-refractivity contribution < 1.29 is 14.3 Å². The maximum atomic E-state index is 12.1. The average molecular weight is 337 g/mol. The molecule has 0 saturated carbocycles. The topological polar surface area (TPSA) is 59.3 Å². The second-order valence-electron chi connectivity index (χ2n) is 5.81. The molecule has 0 aliphatic carbocycles. The molecule has 4 nitrogen and oxygen atoms in total. The number of nitrogens with zero attached hydrogens (tertiary/aromatic N) is 1. The van der Waals surface area contributed by atoms with E-state index in [4.69, 9.17) is 14.7 Å². The van der Waals surface area contributed by atoms with Gasteiger partial charge in [0.1, 0.15) is 11.5 Å². The molecule has 2 rings (SSSR count). The number of esters is 1. The molecular formula is C21H23NO3. The van der Waals surface area contributed by atoms with E-state index in [-0.39, 0.29) is 0 Å². The van der Waals surface area contributed by atoms with Crippen LogP contribution in [-0.4, -0.2) is 12.6 Å². The lowest BCUT2D eigenvalue weighted by molar-refractivity contribution is 0.0734. The van der Waals surface area contributed by atoms with E-state index in [2.05, 4.69) is 6.92 Å². The van der Waals surface area contributed by atoms with Crippen LogP contribution in [0.3, 0.4) is 0 Å². The van der Waals surface area contributed by atoms with Crippen LogP contribution in [0, 0.1) is 11.3 Å². The lowest BCUT2D eigenvalue weighted by atomic mass is 10.1. The number of benzene rings is 2. The molecular weight excluding hydrogens is 314 g/mol. The summed E-state index contributed by atoms with van der Waals surface area (Å²) in [6.07, 6.45) is 6.01. The van der Waals surface area contributed by atoms with E-state index in [1.54, 1.807) is 48.5 Å². The van der Waals surface area contributed by atoms with Crippen molar-refractivity contribution in [3.63, 3.8) is 0 Å². The van der Waals surface area contributed by atoms with Crippen LogP contribution in [0.15, 0.2) is 48.5 Å². The molecule has 2 aromatic carbocycles. The minimum Gasteiger partial charge on any atom is -0.494 e. The first kappa shape index (κ1) is 18.5. The van der Waals surface area contributed by atoms with Crippen molar-refractivity contribution in [1.82, 2.24) is 0 Å². The maximum absolute atomic E-state index is 12.1. The fourth-order valence-electron chi connectivity index (χ4n) is 2.35. The van der Waals surface area contributed by atoms with Crippen LogP contribution in [-0.2, 0) is 0 Å². The summed E-state index contributed by atoms with van der Waals surface area (Å²) in [5, 5.41) is 8.77. The van der Waals surface area contributed by atoms with E-state index < -0.39 is 5.97 Å². The van der Waals surface area contributed by atoms with Gasteiger partial charge in [0.2, 0.25) is 0 Å². The molecule has 0 atom stereocenters. The largest absolute Gasteiger partial charge is 0.494 e. The minimum absolute atomic E-state index is 0.409. The van der Waals surface area contributed by atoms with Crippen LogP contribution in [0.4, 0.5) is 0 Å². The Morgan fingerprint density at radius 1 is 0.920 bits per heavy atom. The van der Waals surface area contributed by atoms with Gasteiger partial charge in [0.05, 0.1) is 23.8 Å². The van der Waals surface area contributed by atoms with Gasteiger partial charge in [0.25, 0.3) is 0 Å². The molecule has 0 saturated heterocycles. The third kappa shape index (κ3) is 6.31. The third-order valence-electron chi connectivity index (χ3n) is 3.80. The highest BCUT2D eigenvalue weighted by molar-refractivity contribution is 5.91. The molecule has 0 N–H and O–H groups in total. The van der Waals surface area contributed by atoms with Gasteiger partial charge in [-0.05, 0) is 55.0 Å². The SMILES string of the molecule is CCCCCCCOc1ccc(OC(=O)c2ccc(C#N)cc2)cc1. The van der Waals surface area contributed by atoms with Crippen molar-refractivity contribution in [3.8, 4) is 17.6 Å². The Morgan fingerprint density at radius 2 is 1.56 bits per heavy atom. The van der Waals surface area contributed by atoms with Gasteiger partial charge in [0, 0.05) is 0 Å². The molecule has 0 spiro atoms. The van der Waals surface area contributed by atoms with Crippen molar-refractivity contribution in [2.24, 2.45) is 0 Å². The van der Waals surface area contributed by atoms with Crippen molar-refractivity contribution in [2.45, 2.75) is 39.0 Å². The van der Waals surface area contributed by atoms with Crippen LogP contribution >= 0.6 is 0 Å². The zero-order valence-corrected chi connectivity index (χ0v) is 14.5. The lowest BCUT2D eigenvalue weighted by Gasteiger charge is -2.08. The van der Waals surface area contributed by atoms with Gasteiger partial charge in [0.15, 0.2) is 0 Å². The monoisotopic (exact) mass is 337 g/mol. The highest BCUT2D eigenvalue weighted by atomic mass is 16.5. The first-order valence-corrected chi connectivity index (χ1v) is 8.68. The summed E-state index contributed by atoms with van der Waals surface area (Å²) < 4.78 is 11.0. The molecule has 0 radical (unpaired) electrons. The van der Waals surface area contributed by atoms with Crippen LogP contribution in [0.1, 0.15) is 54.9 Å². The predicted octanol–water partition coefficient (Wildman–Crippen LogP) is 5.13. The summed E-state index contributed by atoms with van der Waals surface area (Å²) in [5.74, 6) is 0.785. The summed E-state index contributed by atoms with van der Waals surface area (Å²) in [6.45, 7) is 2.90. The van der Waals surface area contributed by atoms with Gasteiger partial charge in [-0.25, -0.2) is 4.79 Å². The average Bonchev–Trinajstić information content (AvgIpc) is 2.66. The zero-order valence-electron chi connectivity index (χ0n) is 14.5. The number of rotatable bonds is 9. The van der Waals surface area contributed by atoms with E-state index >= 15 is 0 Å². The molecule has 0 amide bonds. The summed E-state index contributed by atoms with van der Waals surface area (Å²) >= 11 is 0. The van der Waals surface area contributed by atoms with Gasteiger partial charge in [-0.3, -0.25) is 0 Å². The summed E-state index contributed by atoms with van der Waals surface area (Å²) in [7, 11) is 0. The molecule has 0 fully saturated rings. The molecule has 0 aliphatic heterocycles. The Labute approximate surface area is 149 Å². The number of nitriles is 1. The smallest absolute Gasteiger partial charge is 0.343 e. The van der Waals surface area contributed by atoms with E-state index in [0.29, 0.717) is 23.5 Å². The normalized spacial score (nSPS) is 10.1. The van der Waals surface area contributed by atoms with Crippen LogP contribution in [0.5, 0.6) is 11.5 Å². The Morgan fingerprint density at radius 3 is 2.20 bits per heavy atom. The van der Waals surface area contributed by atoms with Crippen molar-refractivity contribution in [3.05, 3.63) is 59.7 Å². The number of ether oxygens (including phenoxy) is 2. The number of carbonyl (C=O) groups excluding carboxylic acids is 1. The first-order valence-electron chi connectivity index (χ1n) is 8.68. The fourth-order valence-corrected chi connectivity index (χ4v) is 2.35. The summed E-state index contributed by atoms with van der Waals surface area (Å²) in [5.41, 5.74) is 0.916. The van der Waals surface area contributed by atoms with E-state index in [1.807, 2.05) is 6.07 Å². The molecule has 0 aromatic heterocycles. The molecule has 25 heavy (non-hydrogen) atoms. The Bertz CT molecular complexity index is 699. The van der Waals surface area contributed by atoms with E-state index in [9.17, 15) is 4.79 Å². The van der Waals surface area contributed by atoms with Gasteiger partial charge in [-0.15, -0.1) is 0 Å². The third-order valence-corrected chi connectivity index (χ3v) is 3.80. The molecule has 2 aromatic rings. The van der Waals surface area contributed by atoms with Crippen LogP contribution < -0.4 is 9.47 Å². The second-order valence-corrected chi connectivity index (χ2v) is 5.81. The van der Waals surface area contributed by atoms with Crippen molar-refractivity contribution >= 4 is 5.97 Å². The molecule has 0 heterocycles. The van der Waals surface area contributed by atoms with E-state index in [1.165, 1.54) is 25.7 Å². The summed E-state index contributed by atoms with van der Waals surface area (Å²) in [6, 6.07) is 15.4. The van der Waals surface area contributed by atoms with Gasteiger partial charge >= 0.3 is 5.97 Å². The van der Waals surface area contributed by atoms with Crippen molar-refractivity contribution in [1.29, 1.82) is 5.26 Å². The van der Waals surface area contributed by atoms with Gasteiger partial charge < -0.3 is 9.47 Å². The Balaban J connectivity index is 1.79. The molecule has 4 heteroatoms. The van der Waals surface area contributed by atoms with Crippen LogP contribution in [0.25, 0.3) is 0 Å². The molecule has 0 aliphatic rings. The number of hydrogen-bond acceptors (Lipinski definition) is 4. The van der Waals surface area contributed by atoms with Crippen LogP contribution in [0.2, 0.25) is 0 Å². The molecule has 0 bridgehead atoms. The maximum Gasteiger partial charge on any atom is 0.343 e. The lowest BCUT2D eigenvalue weighted by Crippen LogP contribution is -2.08. The summed E-state index contributed by atoms with van der Waals surface area (Å²) in [4.78, 5) is 12.1. The Hall–Kier alpha value is -2.80. The number of hydrogen-bond donors (Lipinski definition) is 0. The second kappa shape index (κ2) is 10.1. The quantitative estimate of drug-likeness (QED) is 0.362. The number of unbranched alkanes of at least 4 members (excludes halogenated alkanes) is 4. The van der Waals surface area contributed by atoms with E-state index in [0.717, 1.165) is 12.2 Å². The predicted molar refractivity (Wildman–Crippen MR) is 96.8 cm³/mol. The van der Waals surface area contributed by atoms with Gasteiger partial charge in [-0.2, -0.15) is 5.26 Å². The number of carbonyl (C=O) groups is 1. The van der Waals surface area contributed by atoms with Gasteiger partial charge in [-0.1, -0.05) is 32.6 Å². The highest BCUT2D eigenvalue weighted by Crippen LogP contribution is 2.19.